The second-order valence-electron chi connectivity index (χ2n) is 8.88. The van der Waals surface area contributed by atoms with Crippen LogP contribution in [-0.2, 0) is 38.4 Å². The lowest BCUT2D eigenvalue weighted by Gasteiger charge is -2.28. The Balaban J connectivity index is 5.93. The number of carbonyl (C=O) groups is 8. The van der Waals surface area contributed by atoms with E-state index in [0.717, 1.165) is 6.92 Å². The van der Waals surface area contributed by atoms with Crippen molar-refractivity contribution in [1.29, 1.82) is 0 Å². The number of aliphatic carboxylic acids is 2. The Morgan fingerprint density at radius 2 is 1.36 bits per heavy atom. The second kappa shape index (κ2) is 16.8. The maximum absolute atomic E-state index is 13.6. The molecule has 0 aliphatic carbocycles. The summed E-state index contributed by atoms with van der Waals surface area (Å²) >= 11 is 0. The van der Waals surface area contributed by atoms with Gasteiger partial charge in [0.1, 0.15) is 24.2 Å². The van der Waals surface area contributed by atoms with Crippen LogP contribution in [0.2, 0.25) is 0 Å². The molecule has 7 N–H and O–H groups in total. The molecule has 0 bridgehead atoms. The standard InChI is InChI=1S/C23H35FN4O11/c1-5-10(2)18(25-12(4)31)22(38)26-14(6-7-16(32)33)21(37)28-19(11(3)30)23(39)27-15(8-17(34)35)20(36)13(24)9-29/h9-11,13-15,18-19,30H,5-8H2,1-4H3,(H,25,31)(H,26,38)(H,27,39)(H,28,37)(H,32,33)(H,34,35)/t10-,11+,13?,14-,15-,18-,19-/m0/s1. The van der Waals surface area contributed by atoms with Crippen molar-refractivity contribution in [2.24, 2.45) is 5.92 Å². The molecule has 15 nitrogen and oxygen atoms in total. The summed E-state index contributed by atoms with van der Waals surface area (Å²) in [6, 6.07) is -6.55. The van der Waals surface area contributed by atoms with Gasteiger partial charge in [-0.15, -0.1) is 0 Å². The second-order valence-corrected chi connectivity index (χ2v) is 8.88. The van der Waals surface area contributed by atoms with Crippen molar-refractivity contribution in [2.75, 3.05) is 0 Å². The lowest BCUT2D eigenvalue weighted by atomic mass is 9.97. The van der Waals surface area contributed by atoms with Gasteiger partial charge in [0.25, 0.3) is 0 Å². The van der Waals surface area contributed by atoms with Crippen molar-refractivity contribution in [3.63, 3.8) is 0 Å². The Bertz CT molecular complexity index is 943. The number of Topliss-reactive ketones (excluding diaryl/α,β-unsaturated/α-hetero) is 1. The third-order valence-electron chi connectivity index (χ3n) is 5.63. The van der Waals surface area contributed by atoms with Gasteiger partial charge in [0.2, 0.25) is 29.8 Å². The SMILES string of the molecule is CC[C@H](C)[C@H](NC(C)=O)C(=O)N[C@@H](CCC(=O)O)C(=O)N[C@H](C(=O)N[C@@H](CC(=O)O)C(=O)C(F)C=O)[C@@H](C)O. The number of nitrogens with one attached hydrogen (secondary N) is 4. The molecule has 0 aromatic rings. The molecule has 0 fully saturated rings. The predicted molar refractivity (Wildman–Crippen MR) is 130 cm³/mol. The fraction of sp³-hybridized carbons (Fsp3) is 0.652. The highest BCUT2D eigenvalue weighted by Gasteiger charge is 2.36. The Hall–Kier alpha value is -3.95. The minimum atomic E-state index is -2.74. The normalized spacial score (nSPS) is 16.2. The molecule has 0 rings (SSSR count). The minimum absolute atomic E-state index is 0.387. The van der Waals surface area contributed by atoms with Gasteiger partial charge in [0.05, 0.1) is 12.5 Å². The largest absolute Gasteiger partial charge is 0.481 e. The van der Waals surface area contributed by atoms with Crippen LogP contribution in [0.25, 0.3) is 0 Å². The van der Waals surface area contributed by atoms with Crippen molar-refractivity contribution < 1.29 is 58.1 Å². The van der Waals surface area contributed by atoms with Crippen LogP contribution in [-0.4, -0.2) is 99.4 Å². The van der Waals surface area contributed by atoms with Gasteiger partial charge in [-0.25, -0.2) is 4.39 Å². The first-order chi connectivity index (χ1) is 18.0. The van der Waals surface area contributed by atoms with Crippen LogP contribution < -0.4 is 21.3 Å². The van der Waals surface area contributed by atoms with Crippen LogP contribution in [0.3, 0.4) is 0 Å². The molecule has 220 valence electrons. The molecule has 4 amide bonds. The predicted octanol–water partition coefficient (Wildman–Crippen LogP) is -2.18. The maximum Gasteiger partial charge on any atom is 0.305 e. The molecule has 0 aliphatic rings. The van der Waals surface area contributed by atoms with Crippen molar-refractivity contribution in [2.45, 2.75) is 89.8 Å². The molecule has 1 unspecified atom stereocenters. The number of alkyl halides is 1. The van der Waals surface area contributed by atoms with E-state index in [1.165, 1.54) is 6.92 Å². The zero-order valence-electron chi connectivity index (χ0n) is 21.9. The molecule has 0 heterocycles. The summed E-state index contributed by atoms with van der Waals surface area (Å²) in [4.78, 5) is 94.9. The van der Waals surface area contributed by atoms with Gasteiger partial charge in [-0.1, -0.05) is 20.3 Å². The number of aliphatic hydroxyl groups excluding tert-OH is 1. The molecule has 0 radical (unpaired) electrons. The maximum atomic E-state index is 13.6. The number of halogens is 1. The molecule has 0 spiro atoms. The van der Waals surface area contributed by atoms with Crippen molar-refractivity contribution >= 4 is 47.6 Å². The van der Waals surface area contributed by atoms with E-state index in [1.807, 2.05) is 5.32 Å². The van der Waals surface area contributed by atoms with Gasteiger partial charge < -0.3 is 36.6 Å². The highest BCUT2D eigenvalue weighted by Crippen LogP contribution is 2.10. The van der Waals surface area contributed by atoms with Gasteiger partial charge in [-0.05, 0) is 19.3 Å². The number of amides is 4. The van der Waals surface area contributed by atoms with E-state index >= 15 is 0 Å². The van der Waals surface area contributed by atoms with E-state index in [0.29, 0.717) is 6.42 Å². The van der Waals surface area contributed by atoms with E-state index in [-0.39, 0.29) is 5.92 Å². The topological polar surface area (TPSA) is 245 Å². The number of rotatable bonds is 18. The van der Waals surface area contributed by atoms with E-state index in [4.69, 9.17) is 10.2 Å². The fourth-order valence-corrected chi connectivity index (χ4v) is 3.30. The van der Waals surface area contributed by atoms with Gasteiger partial charge in [0, 0.05) is 13.3 Å². The zero-order chi connectivity index (χ0) is 30.4. The Labute approximate surface area is 223 Å². The van der Waals surface area contributed by atoms with E-state index in [2.05, 4.69) is 16.0 Å². The number of aldehydes is 1. The first-order valence-electron chi connectivity index (χ1n) is 12.0. The Kier molecular flexibility index (Phi) is 15.1. The van der Waals surface area contributed by atoms with Crippen LogP contribution >= 0.6 is 0 Å². The summed E-state index contributed by atoms with van der Waals surface area (Å²) in [6.45, 7) is 5.62. The summed E-state index contributed by atoms with van der Waals surface area (Å²) in [5.74, 6) is -8.72. The molecule has 39 heavy (non-hydrogen) atoms. The minimum Gasteiger partial charge on any atom is -0.481 e. The summed E-state index contributed by atoms with van der Waals surface area (Å²) in [5.41, 5.74) is 0. The average Bonchev–Trinajstić information content (AvgIpc) is 2.85. The van der Waals surface area contributed by atoms with Crippen molar-refractivity contribution in [3.8, 4) is 0 Å². The molecule has 7 atom stereocenters. The molecule has 0 aliphatic heterocycles. The number of ketones is 1. The number of carbonyl (C=O) groups excluding carboxylic acids is 6. The number of carboxylic acids is 2. The lowest BCUT2D eigenvalue weighted by Crippen LogP contribution is -2.61. The van der Waals surface area contributed by atoms with Crippen LogP contribution in [0.15, 0.2) is 0 Å². The molecule has 0 saturated heterocycles. The Morgan fingerprint density at radius 1 is 0.821 bits per heavy atom. The molecule has 0 saturated carbocycles. The van der Waals surface area contributed by atoms with Crippen molar-refractivity contribution in [3.05, 3.63) is 0 Å². The summed E-state index contributed by atoms with van der Waals surface area (Å²) in [6.07, 6.45) is -6.54. The van der Waals surface area contributed by atoms with Gasteiger partial charge in [-0.3, -0.25) is 38.4 Å². The molecule has 16 heteroatoms. The molecule has 0 aromatic heterocycles. The molecule has 0 aromatic carbocycles. The summed E-state index contributed by atoms with van der Waals surface area (Å²) in [7, 11) is 0. The third kappa shape index (κ3) is 12.4. The van der Waals surface area contributed by atoms with Gasteiger partial charge >= 0.3 is 11.9 Å². The monoisotopic (exact) mass is 562 g/mol. The van der Waals surface area contributed by atoms with Gasteiger partial charge in [0.15, 0.2) is 12.1 Å². The summed E-state index contributed by atoms with van der Waals surface area (Å²) in [5, 5.41) is 36.8. The Morgan fingerprint density at radius 3 is 1.79 bits per heavy atom. The third-order valence-corrected chi connectivity index (χ3v) is 5.63. The fourth-order valence-electron chi connectivity index (χ4n) is 3.30. The average molecular weight is 563 g/mol. The smallest absolute Gasteiger partial charge is 0.305 e. The number of carboxylic acid groups (broad SMARTS) is 2. The van der Waals surface area contributed by atoms with Crippen LogP contribution in [0.1, 0.15) is 53.4 Å². The highest BCUT2D eigenvalue weighted by molar-refractivity contribution is 6.03. The first-order valence-corrected chi connectivity index (χ1v) is 12.0. The van der Waals surface area contributed by atoms with Crippen LogP contribution in [0.5, 0.6) is 0 Å². The quantitative estimate of drug-likeness (QED) is 0.0699. The van der Waals surface area contributed by atoms with Gasteiger partial charge in [-0.2, -0.15) is 0 Å². The van der Waals surface area contributed by atoms with Crippen molar-refractivity contribution in [1.82, 2.24) is 21.3 Å². The van der Waals surface area contributed by atoms with E-state index in [9.17, 15) is 47.9 Å². The van der Waals surface area contributed by atoms with Crippen LogP contribution in [0.4, 0.5) is 4.39 Å². The zero-order valence-corrected chi connectivity index (χ0v) is 21.9. The highest BCUT2D eigenvalue weighted by atomic mass is 19.1. The summed E-state index contributed by atoms with van der Waals surface area (Å²) < 4.78 is 13.6. The van der Waals surface area contributed by atoms with E-state index in [1.54, 1.807) is 13.8 Å². The number of hydrogen-bond donors (Lipinski definition) is 7. The molecular weight excluding hydrogens is 527 g/mol. The molecular formula is C23H35FN4O11. The van der Waals surface area contributed by atoms with Crippen LogP contribution in [0, 0.1) is 5.92 Å². The first kappa shape index (κ1) is 35.0. The van der Waals surface area contributed by atoms with E-state index < -0.39 is 103 Å². The number of hydrogen-bond acceptors (Lipinski definition) is 9. The number of aliphatic hydroxyl groups is 1. The lowest BCUT2D eigenvalue weighted by molar-refractivity contribution is -0.143.